The van der Waals surface area contributed by atoms with Crippen molar-refractivity contribution >= 4 is 5.84 Å². The maximum atomic E-state index is 10.3. The third-order valence-electron chi connectivity index (χ3n) is 10.6. The van der Waals surface area contributed by atoms with Gasteiger partial charge in [0.1, 0.15) is 5.54 Å². The van der Waals surface area contributed by atoms with E-state index in [1.807, 2.05) is 22.9 Å². The molecule has 7 heteroatoms. The predicted octanol–water partition coefficient (Wildman–Crippen LogP) is 9.17. The minimum Gasteiger partial charge on any atom is -0.394 e. The molecule has 0 atom stereocenters. The fourth-order valence-electron chi connectivity index (χ4n) is 7.85. The molecule has 1 aliphatic carbocycles. The molecule has 1 aliphatic rings. The van der Waals surface area contributed by atoms with Crippen molar-refractivity contribution in [1.29, 1.82) is 0 Å². The van der Waals surface area contributed by atoms with E-state index in [9.17, 15) is 5.11 Å². The molecule has 1 heterocycles. The Kier molecular flexibility index (Phi) is 10.7. The van der Waals surface area contributed by atoms with Crippen molar-refractivity contribution in [2.75, 3.05) is 13.7 Å². The molecule has 1 aromatic heterocycles. The van der Waals surface area contributed by atoms with Crippen LogP contribution in [0.2, 0.25) is 0 Å². The van der Waals surface area contributed by atoms with Gasteiger partial charge in [0.05, 0.1) is 18.0 Å². The van der Waals surface area contributed by atoms with Crippen LogP contribution in [0.25, 0.3) is 22.5 Å². The summed E-state index contributed by atoms with van der Waals surface area (Å²) in [4.78, 5) is 7.51. The molecule has 0 unspecified atom stereocenters. The van der Waals surface area contributed by atoms with Gasteiger partial charge in [0.15, 0.2) is 5.82 Å². The van der Waals surface area contributed by atoms with Crippen LogP contribution < -0.4 is 0 Å². The third-order valence-corrected chi connectivity index (χ3v) is 10.6. The molecule has 0 saturated heterocycles. The third kappa shape index (κ3) is 6.93. The average Bonchev–Trinajstić information content (AvgIpc) is 3.90. The number of unbranched alkanes of at least 4 members (excludes halogenated alkanes) is 1. The maximum absolute atomic E-state index is 10.3. The van der Waals surface area contributed by atoms with Gasteiger partial charge in [-0.3, -0.25) is 4.99 Å². The Morgan fingerprint density at radius 1 is 0.750 bits per heavy atom. The number of benzene rings is 5. The van der Waals surface area contributed by atoms with Crippen molar-refractivity contribution < 1.29 is 5.11 Å². The molecule has 1 fully saturated rings. The molecule has 0 spiro atoms. The number of nitrogens with zero attached hydrogens (tertiary/aromatic N) is 6. The monoisotopic (exact) mass is 688 g/mol. The van der Waals surface area contributed by atoms with Crippen molar-refractivity contribution in [2.24, 2.45) is 4.99 Å². The van der Waals surface area contributed by atoms with Gasteiger partial charge in [0.25, 0.3) is 0 Å². The largest absolute Gasteiger partial charge is 0.394 e. The molecule has 7 nitrogen and oxygen atoms in total. The highest BCUT2D eigenvalue weighted by Gasteiger charge is 2.42. The molecule has 264 valence electrons. The van der Waals surface area contributed by atoms with E-state index in [2.05, 4.69) is 145 Å². The van der Waals surface area contributed by atoms with E-state index in [1.54, 1.807) is 0 Å². The number of rotatable bonds is 13. The van der Waals surface area contributed by atoms with Crippen molar-refractivity contribution in [1.82, 2.24) is 25.1 Å². The van der Waals surface area contributed by atoms with E-state index in [1.165, 1.54) is 5.56 Å². The lowest BCUT2D eigenvalue weighted by atomic mass is 9.77. The summed E-state index contributed by atoms with van der Waals surface area (Å²) in [6.45, 7) is 3.09. The average molecular weight is 689 g/mol. The molecule has 0 amide bonds. The highest BCUT2D eigenvalue weighted by molar-refractivity contribution is 5.83. The van der Waals surface area contributed by atoms with Crippen LogP contribution in [0.5, 0.6) is 0 Å². The Bertz CT molecular complexity index is 1960. The summed E-state index contributed by atoms with van der Waals surface area (Å²) in [5, 5.41) is 24.1. The summed E-state index contributed by atoms with van der Waals surface area (Å²) in [5.41, 5.74) is 6.32. The van der Waals surface area contributed by atoms with Crippen molar-refractivity contribution in [3.63, 3.8) is 0 Å². The first-order chi connectivity index (χ1) is 25.6. The molecule has 0 aliphatic heterocycles. The molecule has 6 aromatic rings. The fourth-order valence-corrected chi connectivity index (χ4v) is 7.85. The highest BCUT2D eigenvalue weighted by atomic mass is 16.3. The summed E-state index contributed by atoms with van der Waals surface area (Å²) in [5.74, 6) is 1.77. The van der Waals surface area contributed by atoms with Crippen molar-refractivity contribution in [2.45, 2.75) is 69.5 Å². The zero-order chi connectivity index (χ0) is 35.8. The van der Waals surface area contributed by atoms with Gasteiger partial charge in [0.2, 0.25) is 0 Å². The smallest absolute Gasteiger partial charge is 0.184 e. The number of amidine groups is 1. The number of aromatic nitrogens is 4. The van der Waals surface area contributed by atoms with Crippen molar-refractivity contribution in [3.8, 4) is 22.5 Å². The van der Waals surface area contributed by atoms with Crippen LogP contribution in [-0.4, -0.2) is 55.2 Å². The van der Waals surface area contributed by atoms with Crippen LogP contribution in [0.3, 0.4) is 0 Å². The standard InChI is InChI=1S/C45H48N6O/c1-3-4-26-42(46-44(34-52)31-16-17-32-44)50(2)33-35-27-29-36(30-28-35)40-24-14-15-25-41(40)43-47-48-49-51(43)45(37-18-8-5-9-19-37,38-20-10-6-11-21-38)39-22-12-7-13-23-39/h5-15,18-25,27-30,52H,3-4,16-17,26,31-34H2,1-2H3. The molecular weight excluding hydrogens is 641 g/mol. The molecule has 0 bridgehead atoms. The lowest BCUT2D eigenvalue weighted by molar-refractivity contribution is 0.199. The number of hydrogen-bond acceptors (Lipinski definition) is 5. The minimum absolute atomic E-state index is 0.122. The van der Waals surface area contributed by atoms with Gasteiger partial charge in [-0.15, -0.1) is 5.10 Å². The first-order valence-electron chi connectivity index (χ1n) is 18.6. The second kappa shape index (κ2) is 15.9. The molecular formula is C45H48N6O. The number of hydrogen-bond donors (Lipinski definition) is 1. The first kappa shape index (κ1) is 35.0. The molecule has 0 radical (unpaired) electrons. The van der Waals surface area contributed by atoms with Crippen molar-refractivity contribution in [3.05, 3.63) is 162 Å². The SMILES string of the molecule is CCCCC(=NC1(CO)CCCC1)N(C)Cc1ccc(-c2ccccc2-c2nnnn2C(c2ccccc2)(c2ccccc2)c2ccccc2)cc1. The van der Waals surface area contributed by atoms with Gasteiger partial charge in [-0.05, 0) is 63.1 Å². The Morgan fingerprint density at radius 2 is 1.29 bits per heavy atom. The summed E-state index contributed by atoms with van der Waals surface area (Å²) in [6, 6.07) is 48.7. The number of aliphatic hydroxyl groups is 1. The van der Waals surface area contributed by atoms with Gasteiger partial charge < -0.3 is 10.0 Å². The van der Waals surface area contributed by atoms with E-state index in [0.29, 0.717) is 5.82 Å². The topological polar surface area (TPSA) is 79.4 Å². The summed E-state index contributed by atoms with van der Waals surface area (Å²) < 4.78 is 2.00. The summed E-state index contributed by atoms with van der Waals surface area (Å²) in [6.07, 6.45) is 7.32. The second-order valence-corrected chi connectivity index (χ2v) is 14.0. The van der Waals surface area contributed by atoms with Gasteiger partial charge in [-0.2, -0.15) is 0 Å². The van der Waals surface area contributed by atoms with Crippen LogP contribution in [0.1, 0.15) is 74.1 Å². The van der Waals surface area contributed by atoms with Gasteiger partial charge in [-0.25, -0.2) is 4.68 Å². The zero-order valence-electron chi connectivity index (χ0n) is 30.3. The lowest BCUT2D eigenvalue weighted by Crippen LogP contribution is -2.39. The molecule has 1 N–H and O–H groups in total. The Hall–Kier alpha value is -5.40. The highest BCUT2D eigenvalue weighted by Crippen LogP contribution is 2.43. The van der Waals surface area contributed by atoms with E-state index in [0.717, 1.165) is 90.7 Å². The molecule has 5 aromatic carbocycles. The van der Waals surface area contributed by atoms with E-state index >= 15 is 0 Å². The van der Waals surface area contributed by atoms with Crippen LogP contribution in [-0.2, 0) is 12.1 Å². The molecule has 7 rings (SSSR count). The maximum Gasteiger partial charge on any atom is 0.184 e. The van der Waals surface area contributed by atoms with E-state index < -0.39 is 5.54 Å². The van der Waals surface area contributed by atoms with Gasteiger partial charge >= 0.3 is 0 Å². The van der Waals surface area contributed by atoms with Crippen LogP contribution in [0, 0.1) is 0 Å². The number of aliphatic hydroxyl groups excluding tert-OH is 1. The normalized spacial score (nSPS) is 14.4. The van der Waals surface area contributed by atoms with Crippen LogP contribution >= 0.6 is 0 Å². The molecule has 1 saturated carbocycles. The minimum atomic E-state index is -0.839. The van der Waals surface area contributed by atoms with Crippen LogP contribution in [0.4, 0.5) is 0 Å². The lowest BCUT2D eigenvalue weighted by Gasteiger charge is -2.36. The Balaban J connectivity index is 1.27. The van der Waals surface area contributed by atoms with Gasteiger partial charge in [0, 0.05) is 25.6 Å². The van der Waals surface area contributed by atoms with Gasteiger partial charge in [-0.1, -0.05) is 166 Å². The molecule has 52 heavy (non-hydrogen) atoms. The predicted molar refractivity (Wildman–Crippen MR) is 210 cm³/mol. The Labute approximate surface area is 307 Å². The number of tetrazole rings is 1. The van der Waals surface area contributed by atoms with E-state index in [4.69, 9.17) is 15.3 Å². The summed E-state index contributed by atoms with van der Waals surface area (Å²) in [7, 11) is 2.13. The Morgan fingerprint density at radius 3 is 1.83 bits per heavy atom. The van der Waals surface area contributed by atoms with Crippen LogP contribution in [0.15, 0.2) is 145 Å². The first-order valence-corrected chi connectivity index (χ1v) is 18.6. The fraction of sp³-hybridized carbons (Fsp3) is 0.289. The number of aliphatic imine (C=N–C) groups is 1. The zero-order valence-corrected chi connectivity index (χ0v) is 30.3. The quantitative estimate of drug-likeness (QED) is 0.0744. The van der Waals surface area contributed by atoms with E-state index in [-0.39, 0.29) is 12.1 Å². The summed E-state index contributed by atoms with van der Waals surface area (Å²) >= 11 is 0. The second-order valence-electron chi connectivity index (χ2n) is 14.0.